The van der Waals surface area contributed by atoms with Gasteiger partial charge in [-0.2, -0.15) is 0 Å². The van der Waals surface area contributed by atoms with E-state index in [1.54, 1.807) is 0 Å². The molecule has 0 bridgehead atoms. The normalized spacial score (nSPS) is 11.4. The Hall–Kier alpha value is -5.74. The summed E-state index contributed by atoms with van der Waals surface area (Å²) in [5.41, 5.74) is 12.7. The lowest BCUT2D eigenvalue weighted by Gasteiger charge is -2.06. The van der Waals surface area contributed by atoms with Gasteiger partial charge in [0.2, 0.25) is 12.7 Å². The lowest BCUT2D eigenvalue weighted by molar-refractivity contribution is -0.663. The van der Waals surface area contributed by atoms with Crippen molar-refractivity contribution in [2.45, 2.75) is 26.2 Å². The number of para-hydroxylation sites is 4. The van der Waals surface area contributed by atoms with Gasteiger partial charge < -0.3 is 0 Å². The fourth-order valence-corrected chi connectivity index (χ4v) is 6.55. The highest BCUT2D eigenvalue weighted by atomic mass is 15.1. The maximum Gasteiger partial charge on any atom is 0.245 e. The number of benzene rings is 6. The van der Waals surface area contributed by atoms with Crippen molar-refractivity contribution in [2.75, 3.05) is 0 Å². The van der Waals surface area contributed by atoms with E-state index in [2.05, 4.69) is 189 Å². The highest BCUT2D eigenvalue weighted by Gasteiger charge is 2.17. The minimum absolute atomic E-state index is 0.830. The summed E-state index contributed by atoms with van der Waals surface area (Å²) in [4.78, 5) is 0. The standard InChI is InChI=1S/C42H36N4/c1-3-11-33(12-4-1)27-43-31-45(41-17-9-7-15-39(41)43)29-35-19-23-37(24-20-35)38-25-21-36(22-26-38)30-46-32-44(28-34-13-5-2-6-14-34)40-16-8-10-18-42(40)46/h1-26,31-32H,27-30H2/q+2. The minimum atomic E-state index is 0.830. The second kappa shape index (κ2) is 12.3. The van der Waals surface area contributed by atoms with E-state index in [1.165, 1.54) is 55.4 Å². The van der Waals surface area contributed by atoms with Crippen molar-refractivity contribution in [2.24, 2.45) is 0 Å². The number of nitrogens with zero attached hydrogens (tertiary/aromatic N) is 4. The van der Waals surface area contributed by atoms with Crippen LogP contribution in [-0.2, 0) is 26.2 Å². The van der Waals surface area contributed by atoms with E-state index in [0.29, 0.717) is 0 Å². The van der Waals surface area contributed by atoms with Crippen LogP contribution < -0.4 is 9.13 Å². The second-order valence-electron chi connectivity index (χ2n) is 12.1. The Morgan fingerprint density at radius 1 is 0.348 bits per heavy atom. The predicted molar refractivity (Wildman–Crippen MR) is 185 cm³/mol. The third kappa shape index (κ3) is 5.73. The van der Waals surface area contributed by atoms with Gasteiger partial charge in [0, 0.05) is 0 Å². The van der Waals surface area contributed by atoms with Crippen molar-refractivity contribution < 1.29 is 9.13 Å². The SMILES string of the molecule is c1ccc(C[n+]2cn(Cc3ccc(-c4ccc(Cn5c[n+](Cc6ccccc6)c6ccccc65)cc4)cc3)c3ccccc32)cc1. The Morgan fingerprint density at radius 2 is 0.717 bits per heavy atom. The van der Waals surface area contributed by atoms with Crippen molar-refractivity contribution in [3.8, 4) is 11.1 Å². The van der Waals surface area contributed by atoms with Crippen LogP contribution in [0.25, 0.3) is 33.2 Å². The summed E-state index contributed by atoms with van der Waals surface area (Å²) in [5, 5.41) is 0. The molecule has 0 amide bonds. The van der Waals surface area contributed by atoms with Gasteiger partial charge in [-0.1, -0.05) is 133 Å². The van der Waals surface area contributed by atoms with Gasteiger partial charge in [0.05, 0.1) is 0 Å². The van der Waals surface area contributed by atoms with Gasteiger partial charge in [0.15, 0.2) is 22.1 Å². The van der Waals surface area contributed by atoms with Crippen molar-refractivity contribution in [1.82, 2.24) is 9.13 Å². The molecule has 0 saturated carbocycles. The van der Waals surface area contributed by atoms with Crippen LogP contribution >= 0.6 is 0 Å². The first-order chi connectivity index (χ1) is 22.8. The van der Waals surface area contributed by atoms with Crippen LogP contribution in [0.3, 0.4) is 0 Å². The largest absolute Gasteiger partial charge is 0.245 e. The fraction of sp³-hybridized carbons (Fsp3) is 0.0952. The van der Waals surface area contributed by atoms with Crippen molar-refractivity contribution in [3.05, 3.63) is 193 Å². The zero-order chi connectivity index (χ0) is 30.7. The van der Waals surface area contributed by atoms with E-state index >= 15 is 0 Å². The van der Waals surface area contributed by atoms with Crippen LogP contribution in [0.15, 0.2) is 170 Å². The molecule has 0 saturated heterocycles. The van der Waals surface area contributed by atoms with Crippen LogP contribution in [0.1, 0.15) is 22.3 Å². The summed E-state index contributed by atoms with van der Waals surface area (Å²) in [5.74, 6) is 0. The van der Waals surface area contributed by atoms with Gasteiger partial charge in [0.1, 0.15) is 26.2 Å². The van der Waals surface area contributed by atoms with E-state index in [0.717, 1.165) is 26.2 Å². The third-order valence-electron chi connectivity index (χ3n) is 8.90. The number of aromatic nitrogens is 4. The first-order valence-electron chi connectivity index (χ1n) is 16.0. The first kappa shape index (κ1) is 27.8. The third-order valence-corrected chi connectivity index (χ3v) is 8.90. The Kier molecular flexibility index (Phi) is 7.45. The second-order valence-corrected chi connectivity index (χ2v) is 12.1. The maximum absolute atomic E-state index is 2.36. The molecule has 0 aliphatic heterocycles. The first-order valence-corrected chi connectivity index (χ1v) is 16.0. The van der Waals surface area contributed by atoms with E-state index in [9.17, 15) is 0 Å². The molecule has 0 spiro atoms. The van der Waals surface area contributed by atoms with Crippen LogP contribution in [0.5, 0.6) is 0 Å². The smallest absolute Gasteiger partial charge is 0.226 e. The molecule has 0 fully saturated rings. The summed E-state index contributed by atoms with van der Waals surface area (Å²) in [6.45, 7) is 3.38. The van der Waals surface area contributed by atoms with E-state index in [1.807, 2.05) is 0 Å². The van der Waals surface area contributed by atoms with Crippen LogP contribution in [0.2, 0.25) is 0 Å². The van der Waals surface area contributed by atoms with Crippen LogP contribution in [0, 0.1) is 0 Å². The average molecular weight is 597 g/mol. The molecule has 6 aromatic carbocycles. The molecule has 0 aliphatic carbocycles. The summed E-state index contributed by atoms with van der Waals surface area (Å²) >= 11 is 0. The number of hydrogen-bond acceptors (Lipinski definition) is 0. The van der Waals surface area contributed by atoms with Gasteiger partial charge in [-0.3, -0.25) is 0 Å². The lowest BCUT2D eigenvalue weighted by atomic mass is 10.0. The van der Waals surface area contributed by atoms with Crippen molar-refractivity contribution in [3.63, 3.8) is 0 Å². The molecule has 0 atom stereocenters. The molecule has 8 aromatic rings. The molecule has 0 radical (unpaired) electrons. The van der Waals surface area contributed by atoms with Crippen LogP contribution in [0.4, 0.5) is 0 Å². The van der Waals surface area contributed by atoms with Crippen LogP contribution in [-0.4, -0.2) is 9.13 Å². The highest BCUT2D eigenvalue weighted by Crippen LogP contribution is 2.23. The maximum atomic E-state index is 2.36. The molecule has 4 nitrogen and oxygen atoms in total. The number of fused-ring (bicyclic) bond motifs is 2. The Morgan fingerprint density at radius 3 is 1.13 bits per heavy atom. The summed E-state index contributed by atoms with van der Waals surface area (Å²) in [6, 6.07) is 56.7. The predicted octanol–water partition coefficient (Wildman–Crippen LogP) is 8.03. The van der Waals surface area contributed by atoms with Gasteiger partial charge >= 0.3 is 0 Å². The van der Waals surface area contributed by atoms with E-state index in [-0.39, 0.29) is 0 Å². The Bertz CT molecular complexity index is 2060. The van der Waals surface area contributed by atoms with E-state index < -0.39 is 0 Å². The lowest BCUT2D eigenvalue weighted by Crippen LogP contribution is -2.32. The molecule has 0 unspecified atom stereocenters. The molecule has 0 aliphatic rings. The monoisotopic (exact) mass is 596 g/mol. The molecule has 4 heteroatoms. The summed E-state index contributed by atoms with van der Waals surface area (Å²) in [7, 11) is 0. The summed E-state index contributed by atoms with van der Waals surface area (Å²) < 4.78 is 9.41. The van der Waals surface area contributed by atoms with Gasteiger partial charge in [-0.15, -0.1) is 0 Å². The molecule has 2 heterocycles. The summed E-state index contributed by atoms with van der Waals surface area (Å²) in [6.07, 6.45) is 4.50. The molecular formula is C42H36N4+2. The Balaban J connectivity index is 0.984. The molecule has 2 aromatic heterocycles. The zero-order valence-corrected chi connectivity index (χ0v) is 25.8. The van der Waals surface area contributed by atoms with Gasteiger partial charge in [0.25, 0.3) is 0 Å². The van der Waals surface area contributed by atoms with Crippen molar-refractivity contribution in [1.29, 1.82) is 0 Å². The molecule has 8 rings (SSSR count). The number of imidazole rings is 2. The quantitative estimate of drug-likeness (QED) is 0.150. The number of hydrogen-bond donors (Lipinski definition) is 0. The van der Waals surface area contributed by atoms with Crippen molar-refractivity contribution >= 4 is 22.1 Å². The highest BCUT2D eigenvalue weighted by molar-refractivity contribution is 5.72. The molecular weight excluding hydrogens is 560 g/mol. The number of rotatable bonds is 9. The molecule has 0 N–H and O–H groups in total. The van der Waals surface area contributed by atoms with Gasteiger partial charge in [-0.05, 0) is 57.6 Å². The fourth-order valence-electron chi connectivity index (χ4n) is 6.55. The van der Waals surface area contributed by atoms with E-state index in [4.69, 9.17) is 0 Å². The molecule has 222 valence electrons. The average Bonchev–Trinajstić information content (AvgIpc) is 3.63. The molecule has 46 heavy (non-hydrogen) atoms. The Labute approximate surface area is 269 Å². The topological polar surface area (TPSA) is 17.6 Å². The van der Waals surface area contributed by atoms with Gasteiger partial charge in [-0.25, -0.2) is 18.3 Å². The minimum Gasteiger partial charge on any atom is -0.226 e. The zero-order valence-electron chi connectivity index (χ0n) is 25.8.